The van der Waals surface area contributed by atoms with Crippen molar-refractivity contribution in [1.29, 1.82) is 0 Å². The van der Waals surface area contributed by atoms with Crippen molar-refractivity contribution in [2.75, 3.05) is 19.6 Å². The van der Waals surface area contributed by atoms with Gasteiger partial charge in [0.25, 0.3) is 0 Å². The Morgan fingerprint density at radius 1 is 1.30 bits per heavy atom. The topological polar surface area (TPSA) is 69.6 Å². The van der Waals surface area contributed by atoms with Gasteiger partial charge in [-0.25, -0.2) is 4.79 Å². The highest BCUT2D eigenvalue weighted by atomic mass is 16.4. The molecule has 0 spiro atoms. The molecule has 1 aromatic carbocycles. The van der Waals surface area contributed by atoms with Crippen LogP contribution in [0, 0.1) is 11.3 Å². The monoisotopic (exact) mass is 316 g/mol. The number of amides is 2. The first kappa shape index (κ1) is 15.8. The Morgan fingerprint density at radius 2 is 2.09 bits per heavy atom. The lowest BCUT2D eigenvalue weighted by atomic mass is 9.81. The zero-order valence-corrected chi connectivity index (χ0v) is 13.3. The summed E-state index contributed by atoms with van der Waals surface area (Å²) in [5, 5.41) is 12.5. The van der Waals surface area contributed by atoms with Crippen molar-refractivity contribution in [3.63, 3.8) is 0 Å². The number of nitrogens with one attached hydrogen (secondary N) is 1. The number of carboxylic acid groups (broad SMARTS) is 1. The Labute approximate surface area is 136 Å². The molecule has 1 aromatic rings. The molecule has 2 aliphatic rings. The van der Waals surface area contributed by atoms with E-state index in [9.17, 15) is 14.7 Å². The number of nitrogens with zero attached hydrogens (tertiary/aromatic N) is 1. The summed E-state index contributed by atoms with van der Waals surface area (Å²) in [6, 6.07) is 10.1. The molecule has 5 nitrogen and oxygen atoms in total. The Hall–Kier alpha value is -2.04. The largest absolute Gasteiger partial charge is 0.481 e. The van der Waals surface area contributed by atoms with E-state index in [1.165, 1.54) is 5.56 Å². The van der Waals surface area contributed by atoms with Gasteiger partial charge >= 0.3 is 12.0 Å². The van der Waals surface area contributed by atoms with Crippen LogP contribution in [0.15, 0.2) is 30.3 Å². The third-order valence-corrected chi connectivity index (χ3v) is 5.35. The maximum atomic E-state index is 12.3. The van der Waals surface area contributed by atoms with E-state index in [0.29, 0.717) is 26.1 Å². The number of likely N-dealkylation sites (tertiary alicyclic amines) is 1. The van der Waals surface area contributed by atoms with Crippen molar-refractivity contribution in [2.24, 2.45) is 11.3 Å². The summed E-state index contributed by atoms with van der Waals surface area (Å²) < 4.78 is 0. The standard InChI is InChI=1S/C18H24N2O3/c21-16(22)18-10-4-9-15(18)12-20(13-18)17(23)19-11-5-8-14-6-2-1-3-7-14/h1-3,6-7,15H,4-5,8-13H2,(H,19,23)(H,21,22)/t15-,18+/m0/s1. The van der Waals surface area contributed by atoms with Crippen LogP contribution in [0.3, 0.4) is 0 Å². The number of hydrogen-bond acceptors (Lipinski definition) is 2. The van der Waals surface area contributed by atoms with Crippen LogP contribution in [-0.4, -0.2) is 41.6 Å². The lowest BCUT2D eigenvalue weighted by Gasteiger charge is -2.23. The Kier molecular flexibility index (Phi) is 4.55. The van der Waals surface area contributed by atoms with Crippen LogP contribution >= 0.6 is 0 Å². The van der Waals surface area contributed by atoms with E-state index >= 15 is 0 Å². The van der Waals surface area contributed by atoms with Crippen LogP contribution in [0.5, 0.6) is 0 Å². The van der Waals surface area contributed by atoms with Crippen molar-refractivity contribution in [1.82, 2.24) is 10.2 Å². The molecular weight excluding hydrogens is 292 g/mol. The zero-order chi connectivity index (χ0) is 16.3. The highest BCUT2D eigenvalue weighted by Crippen LogP contribution is 2.48. The lowest BCUT2D eigenvalue weighted by Crippen LogP contribution is -2.42. The van der Waals surface area contributed by atoms with Gasteiger partial charge in [0.05, 0.1) is 5.41 Å². The number of carboxylic acids is 1. The van der Waals surface area contributed by atoms with Crippen molar-refractivity contribution in [3.8, 4) is 0 Å². The average molecular weight is 316 g/mol. The van der Waals surface area contributed by atoms with Gasteiger partial charge in [0, 0.05) is 19.6 Å². The van der Waals surface area contributed by atoms with Crippen molar-refractivity contribution in [2.45, 2.75) is 32.1 Å². The first-order chi connectivity index (χ1) is 11.1. The minimum Gasteiger partial charge on any atom is -0.481 e. The number of fused-ring (bicyclic) bond motifs is 1. The van der Waals surface area contributed by atoms with Gasteiger partial charge in [0.1, 0.15) is 0 Å². The molecule has 1 aliphatic heterocycles. The Morgan fingerprint density at radius 3 is 2.78 bits per heavy atom. The van der Waals surface area contributed by atoms with Gasteiger partial charge in [-0.05, 0) is 37.2 Å². The number of rotatable bonds is 5. The van der Waals surface area contributed by atoms with Crippen molar-refractivity contribution < 1.29 is 14.7 Å². The maximum Gasteiger partial charge on any atom is 0.317 e. The predicted octanol–water partition coefficient (Wildman–Crippen LogP) is 2.52. The average Bonchev–Trinajstić information content (AvgIpc) is 3.10. The molecule has 2 N–H and O–H groups in total. The van der Waals surface area contributed by atoms with E-state index in [1.807, 2.05) is 18.2 Å². The number of benzene rings is 1. The maximum absolute atomic E-state index is 12.3. The second-order valence-corrected chi connectivity index (χ2v) is 6.75. The van der Waals surface area contributed by atoms with E-state index in [2.05, 4.69) is 17.4 Å². The highest BCUT2D eigenvalue weighted by molar-refractivity contribution is 5.80. The number of hydrogen-bond donors (Lipinski definition) is 2. The summed E-state index contributed by atoms with van der Waals surface area (Å²) in [5.74, 6) is -0.616. The molecule has 23 heavy (non-hydrogen) atoms. The second-order valence-electron chi connectivity index (χ2n) is 6.75. The van der Waals surface area contributed by atoms with Gasteiger partial charge in [0.15, 0.2) is 0 Å². The molecular formula is C18H24N2O3. The molecule has 2 atom stereocenters. The summed E-state index contributed by atoms with van der Waals surface area (Å²) in [5.41, 5.74) is 0.573. The summed E-state index contributed by atoms with van der Waals surface area (Å²) in [6.45, 7) is 1.56. The molecule has 0 bridgehead atoms. The van der Waals surface area contributed by atoms with Gasteiger partial charge in [-0.1, -0.05) is 36.8 Å². The minimum absolute atomic E-state index is 0.118. The molecule has 0 unspecified atom stereocenters. The highest BCUT2D eigenvalue weighted by Gasteiger charge is 2.55. The fourth-order valence-electron chi connectivity index (χ4n) is 4.04. The first-order valence-corrected chi connectivity index (χ1v) is 8.42. The van der Waals surface area contributed by atoms with Gasteiger partial charge in [-0.3, -0.25) is 4.79 Å². The van der Waals surface area contributed by atoms with E-state index in [4.69, 9.17) is 0 Å². The van der Waals surface area contributed by atoms with Gasteiger partial charge in [0.2, 0.25) is 0 Å². The van der Waals surface area contributed by atoms with Crippen LogP contribution in [0.4, 0.5) is 4.79 Å². The molecule has 124 valence electrons. The number of aryl methyl sites for hydroxylation is 1. The summed E-state index contributed by atoms with van der Waals surface area (Å²) >= 11 is 0. The molecule has 1 aliphatic carbocycles. The lowest BCUT2D eigenvalue weighted by molar-refractivity contribution is -0.149. The molecule has 1 heterocycles. The number of carbonyl (C=O) groups excluding carboxylic acids is 1. The van der Waals surface area contributed by atoms with E-state index < -0.39 is 11.4 Å². The van der Waals surface area contributed by atoms with Crippen LogP contribution in [0.25, 0.3) is 0 Å². The normalized spacial score (nSPS) is 26.1. The third-order valence-electron chi connectivity index (χ3n) is 5.35. The van der Waals surface area contributed by atoms with E-state index in [-0.39, 0.29) is 11.9 Å². The summed E-state index contributed by atoms with van der Waals surface area (Å²) in [7, 11) is 0. The molecule has 1 saturated heterocycles. The van der Waals surface area contributed by atoms with E-state index in [0.717, 1.165) is 25.7 Å². The number of aliphatic carboxylic acids is 1. The molecule has 1 saturated carbocycles. The third kappa shape index (κ3) is 3.19. The second kappa shape index (κ2) is 6.60. The predicted molar refractivity (Wildman–Crippen MR) is 87.1 cm³/mol. The molecule has 0 radical (unpaired) electrons. The van der Waals surface area contributed by atoms with Crippen LogP contribution < -0.4 is 5.32 Å². The van der Waals surface area contributed by atoms with Crippen molar-refractivity contribution in [3.05, 3.63) is 35.9 Å². The van der Waals surface area contributed by atoms with Crippen LogP contribution in [0.1, 0.15) is 31.2 Å². The fourth-order valence-corrected chi connectivity index (χ4v) is 4.04. The smallest absolute Gasteiger partial charge is 0.317 e. The van der Waals surface area contributed by atoms with Gasteiger partial charge < -0.3 is 15.3 Å². The fraction of sp³-hybridized carbons (Fsp3) is 0.556. The Bertz CT molecular complexity index is 575. The minimum atomic E-state index is -0.737. The van der Waals surface area contributed by atoms with E-state index in [1.54, 1.807) is 4.90 Å². The van der Waals surface area contributed by atoms with Crippen molar-refractivity contribution >= 4 is 12.0 Å². The number of urea groups is 1. The molecule has 2 amide bonds. The van der Waals surface area contributed by atoms with Gasteiger partial charge in [-0.15, -0.1) is 0 Å². The van der Waals surface area contributed by atoms with Gasteiger partial charge in [-0.2, -0.15) is 0 Å². The SMILES string of the molecule is O=C(NCCCc1ccccc1)N1C[C@@H]2CCC[C@@]2(C(=O)O)C1. The number of carbonyl (C=O) groups is 2. The Balaban J connectivity index is 1.45. The quantitative estimate of drug-likeness (QED) is 0.820. The molecule has 3 rings (SSSR count). The molecule has 2 fully saturated rings. The van der Waals surface area contributed by atoms with Crippen LogP contribution in [0.2, 0.25) is 0 Å². The van der Waals surface area contributed by atoms with Crippen LogP contribution in [-0.2, 0) is 11.2 Å². The molecule has 5 heteroatoms. The summed E-state index contributed by atoms with van der Waals surface area (Å²) in [6.07, 6.45) is 4.40. The molecule has 0 aromatic heterocycles. The first-order valence-electron chi connectivity index (χ1n) is 8.42. The summed E-state index contributed by atoms with van der Waals surface area (Å²) in [4.78, 5) is 25.6. The zero-order valence-electron chi connectivity index (χ0n) is 13.3.